The fourth-order valence-electron chi connectivity index (χ4n) is 1.78. The van der Waals surface area contributed by atoms with Gasteiger partial charge in [0.05, 0.1) is 12.3 Å². The van der Waals surface area contributed by atoms with E-state index in [1.54, 1.807) is 0 Å². The average Bonchev–Trinajstić information content (AvgIpc) is 2.26. The summed E-state index contributed by atoms with van der Waals surface area (Å²) in [7, 11) is -2.95. The zero-order valence-electron chi connectivity index (χ0n) is 14.0. The summed E-state index contributed by atoms with van der Waals surface area (Å²) in [6, 6.07) is 0.338. The number of halogens is 1. The summed E-state index contributed by atoms with van der Waals surface area (Å²) in [6.07, 6.45) is 4.74. The molecular weight excluding hydrogens is 401 g/mol. The van der Waals surface area contributed by atoms with Crippen molar-refractivity contribution in [2.45, 2.75) is 53.0 Å². The largest absolute Gasteiger partial charge is 0.357 e. The van der Waals surface area contributed by atoms with Crippen molar-refractivity contribution >= 4 is 39.8 Å². The van der Waals surface area contributed by atoms with Crippen LogP contribution in [0.3, 0.4) is 0 Å². The molecule has 0 aliphatic heterocycles. The fourth-order valence-corrected chi connectivity index (χ4v) is 2.20. The van der Waals surface area contributed by atoms with Crippen LogP contribution in [0.25, 0.3) is 0 Å². The third-order valence-electron chi connectivity index (χ3n) is 2.88. The van der Waals surface area contributed by atoms with Crippen molar-refractivity contribution in [3.8, 4) is 0 Å². The Morgan fingerprint density at radius 2 is 1.81 bits per heavy atom. The smallest absolute Gasteiger partial charge is 0.191 e. The Morgan fingerprint density at radius 3 is 2.29 bits per heavy atom. The maximum Gasteiger partial charge on any atom is 0.191 e. The van der Waals surface area contributed by atoms with Gasteiger partial charge < -0.3 is 10.6 Å². The van der Waals surface area contributed by atoms with Crippen LogP contribution in [0, 0.1) is 5.92 Å². The number of nitrogens with one attached hydrogen (secondary N) is 2. The molecular formula is C14H32IN3O2S. The molecule has 0 saturated carbocycles. The zero-order chi connectivity index (χ0) is 15.6. The molecule has 0 aromatic carbocycles. The van der Waals surface area contributed by atoms with E-state index in [-0.39, 0.29) is 29.7 Å². The van der Waals surface area contributed by atoms with E-state index in [9.17, 15) is 8.42 Å². The van der Waals surface area contributed by atoms with Crippen LogP contribution >= 0.6 is 24.0 Å². The van der Waals surface area contributed by atoms with Crippen molar-refractivity contribution < 1.29 is 8.42 Å². The second-order valence-electron chi connectivity index (χ2n) is 5.76. The summed E-state index contributed by atoms with van der Waals surface area (Å²) in [5.41, 5.74) is 0. The van der Waals surface area contributed by atoms with E-state index in [0.29, 0.717) is 18.5 Å². The summed E-state index contributed by atoms with van der Waals surface area (Å²) in [5, 5.41) is 6.46. The van der Waals surface area contributed by atoms with Crippen molar-refractivity contribution in [3.63, 3.8) is 0 Å². The van der Waals surface area contributed by atoms with Gasteiger partial charge in [-0.05, 0) is 26.2 Å². The first-order valence-corrected chi connectivity index (χ1v) is 9.53. The minimum Gasteiger partial charge on any atom is -0.357 e. The molecule has 128 valence electrons. The highest BCUT2D eigenvalue weighted by Gasteiger charge is 2.06. The lowest BCUT2D eigenvalue weighted by atomic mass is 10.0. The van der Waals surface area contributed by atoms with Crippen LogP contribution < -0.4 is 10.6 Å². The van der Waals surface area contributed by atoms with E-state index < -0.39 is 9.84 Å². The van der Waals surface area contributed by atoms with Gasteiger partial charge >= 0.3 is 0 Å². The van der Waals surface area contributed by atoms with E-state index in [2.05, 4.69) is 36.4 Å². The molecule has 0 heterocycles. The van der Waals surface area contributed by atoms with Gasteiger partial charge in [0.25, 0.3) is 0 Å². The SMILES string of the molecule is CCNC(=NCCS(C)(=O)=O)NC(C)CCCC(C)C.I. The maximum absolute atomic E-state index is 11.1. The van der Waals surface area contributed by atoms with E-state index >= 15 is 0 Å². The Balaban J connectivity index is 0. The fraction of sp³-hybridized carbons (Fsp3) is 0.929. The zero-order valence-corrected chi connectivity index (χ0v) is 17.1. The molecule has 0 aromatic heterocycles. The highest BCUT2D eigenvalue weighted by atomic mass is 127. The highest BCUT2D eigenvalue weighted by molar-refractivity contribution is 14.0. The molecule has 1 atom stereocenters. The Labute approximate surface area is 147 Å². The lowest BCUT2D eigenvalue weighted by Gasteiger charge is -2.18. The van der Waals surface area contributed by atoms with Crippen molar-refractivity contribution in [3.05, 3.63) is 0 Å². The third-order valence-corrected chi connectivity index (χ3v) is 3.80. The molecule has 0 amide bonds. The number of sulfone groups is 1. The maximum atomic E-state index is 11.1. The van der Waals surface area contributed by atoms with Crippen LogP contribution in [0.5, 0.6) is 0 Å². The lowest BCUT2D eigenvalue weighted by molar-refractivity contribution is 0.491. The first-order valence-electron chi connectivity index (χ1n) is 7.47. The molecule has 5 nitrogen and oxygen atoms in total. The molecule has 2 N–H and O–H groups in total. The van der Waals surface area contributed by atoms with Gasteiger partial charge in [0.15, 0.2) is 5.96 Å². The summed E-state index contributed by atoms with van der Waals surface area (Å²) in [4.78, 5) is 4.30. The molecule has 0 aliphatic carbocycles. The van der Waals surface area contributed by atoms with Gasteiger partial charge in [-0.3, -0.25) is 4.99 Å². The van der Waals surface area contributed by atoms with E-state index in [4.69, 9.17) is 0 Å². The van der Waals surface area contributed by atoms with Gasteiger partial charge in [-0.25, -0.2) is 8.42 Å². The van der Waals surface area contributed by atoms with Crippen molar-refractivity contribution in [1.82, 2.24) is 10.6 Å². The molecule has 1 unspecified atom stereocenters. The normalized spacial score (nSPS) is 13.7. The monoisotopic (exact) mass is 433 g/mol. The Hall–Kier alpha value is -0.0500. The van der Waals surface area contributed by atoms with Crippen LogP contribution in [0.4, 0.5) is 0 Å². The van der Waals surface area contributed by atoms with Crippen LogP contribution in [0.15, 0.2) is 4.99 Å². The Kier molecular flexibility index (Phi) is 13.8. The lowest BCUT2D eigenvalue weighted by Crippen LogP contribution is -2.42. The van der Waals surface area contributed by atoms with E-state index in [0.717, 1.165) is 18.9 Å². The number of hydrogen-bond acceptors (Lipinski definition) is 3. The van der Waals surface area contributed by atoms with Gasteiger partial charge in [0, 0.05) is 18.8 Å². The first-order chi connectivity index (χ1) is 9.24. The molecule has 0 saturated heterocycles. The van der Waals surface area contributed by atoms with Gasteiger partial charge in [0.1, 0.15) is 9.84 Å². The second kappa shape index (κ2) is 12.5. The van der Waals surface area contributed by atoms with Crippen LogP contribution in [0.1, 0.15) is 47.0 Å². The topological polar surface area (TPSA) is 70.6 Å². The molecule has 21 heavy (non-hydrogen) atoms. The number of aliphatic imine (C=N–C) groups is 1. The van der Waals surface area contributed by atoms with Gasteiger partial charge in [-0.1, -0.05) is 26.7 Å². The van der Waals surface area contributed by atoms with Crippen LogP contribution in [-0.2, 0) is 9.84 Å². The van der Waals surface area contributed by atoms with E-state index in [1.165, 1.54) is 19.1 Å². The molecule has 0 fully saturated rings. The molecule has 0 aromatic rings. The molecule has 7 heteroatoms. The minimum atomic E-state index is -2.95. The predicted octanol–water partition coefficient (Wildman–Crippen LogP) is 2.42. The number of hydrogen-bond donors (Lipinski definition) is 2. The average molecular weight is 433 g/mol. The first kappa shape index (κ1) is 23.2. The molecule has 0 spiro atoms. The summed E-state index contributed by atoms with van der Waals surface area (Å²) in [6.45, 7) is 9.65. The van der Waals surface area contributed by atoms with Gasteiger partial charge in [0.2, 0.25) is 0 Å². The molecule has 0 rings (SSSR count). The Morgan fingerprint density at radius 1 is 1.19 bits per heavy atom. The molecule has 0 aliphatic rings. The number of guanidine groups is 1. The van der Waals surface area contributed by atoms with Crippen molar-refractivity contribution in [2.75, 3.05) is 25.1 Å². The second-order valence-corrected chi connectivity index (χ2v) is 8.02. The number of nitrogens with zero attached hydrogens (tertiary/aromatic N) is 1. The Bertz CT molecular complexity index is 384. The van der Waals surface area contributed by atoms with E-state index in [1.807, 2.05) is 6.92 Å². The van der Waals surface area contributed by atoms with Crippen LogP contribution in [0.2, 0.25) is 0 Å². The standard InChI is InChI=1S/C14H31N3O2S.HI/c1-6-15-14(16-10-11-20(5,18)19)17-13(4)9-7-8-12(2)3;/h12-13H,6-11H2,1-5H3,(H2,15,16,17);1H. The summed E-state index contributed by atoms with van der Waals surface area (Å²) in [5.74, 6) is 1.53. The highest BCUT2D eigenvalue weighted by Crippen LogP contribution is 2.08. The summed E-state index contributed by atoms with van der Waals surface area (Å²) >= 11 is 0. The predicted molar refractivity (Wildman–Crippen MR) is 102 cm³/mol. The third kappa shape index (κ3) is 16.2. The van der Waals surface area contributed by atoms with Gasteiger partial charge in [-0.15, -0.1) is 24.0 Å². The van der Waals surface area contributed by atoms with Crippen molar-refractivity contribution in [1.29, 1.82) is 0 Å². The summed E-state index contributed by atoms with van der Waals surface area (Å²) < 4.78 is 22.2. The quantitative estimate of drug-likeness (QED) is 0.333. The molecule has 0 bridgehead atoms. The molecule has 0 radical (unpaired) electrons. The number of rotatable bonds is 9. The van der Waals surface area contributed by atoms with Gasteiger partial charge in [-0.2, -0.15) is 0 Å². The minimum absolute atomic E-state index is 0. The van der Waals surface area contributed by atoms with Crippen molar-refractivity contribution in [2.24, 2.45) is 10.9 Å². The van der Waals surface area contributed by atoms with Crippen LogP contribution in [-0.4, -0.2) is 45.5 Å².